The SMILES string of the molecule is CC(C)C(CCl)(CCl)COCc1ccccc1. The molecule has 0 atom stereocenters. The number of ether oxygens (including phenoxy) is 1. The lowest BCUT2D eigenvalue weighted by molar-refractivity contribution is 0.0319. The molecule has 0 spiro atoms. The Labute approximate surface area is 114 Å². The van der Waals surface area contributed by atoms with Crippen molar-refractivity contribution in [3.8, 4) is 0 Å². The summed E-state index contributed by atoms with van der Waals surface area (Å²) in [6.07, 6.45) is 0. The monoisotopic (exact) mass is 274 g/mol. The molecule has 1 aromatic rings. The molecular weight excluding hydrogens is 255 g/mol. The van der Waals surface area contributed by atoms with E-state index in [0.717, 1.165) is 0 Å². The first-order valence-corrected chi connectivity index (χ1v) is 6.95. The standard InChI is InChI=1S/C14H20Cl2O/c1-12(2)14(9-15,10-16)11-17-8-13-6-4-3-5-7-13/h3-7,12H,8-11H2,1-2H3. The van der Waals surface area contributed by atoms with E-state index in [1.807, 2.05) is 18.2 Å². The highest BCUT2D eigenvalue weighted by Gasteiger charge is 2.32. The lowest BCUT2D eigenvalue weighted by atomic mass is 9.81. The Hall–Kier alpha value is -0.240. The van der Waals surface area contributed by atoms with E-state index < -0.39 is 0 Å². The van der Waals surface area contributed by atoms with Crippen LogP contribution >= 0.6 is 23.2 Å². The maximum absolute atomic E-state index is 6.04. The molecule has 0 aliphatic rings. The molecule has 1 nitrogen and oxygen atoms in total. The van der Waals surface area contributed by atoms with Crippen LogP contribution in [0.4, 0.5) is 0 Å². The predicted octanol–water partition coefficient (Wildman–Crippen LogP) is 4.32. The number of benzene rings is 1. The average Bonchev–Trinajstić information content (AvgIpc) is 2.36. The molecule has 0 aromatic heterocycles. The molecule has 0 saturated carbocycles. The van der Waals surface area contributed by atoms with Gasteiger partial charge in [0.1, 0.15) is 0 Å². The molecule has 0 fully saturated rings. The lowest BCUT2D eigenvalue weighted by Gasteiger charge is -2.33. The Morgan fingerprint density at radius 1 is 1.12 bits per heavy atom. The summed E-state index contributed by atoms with van der Waals surface area (Å²) in [5.41, 5.74) is 1.05. The second-order valence-corrected chi connectivity index (χ2v) is 5.30. The normalized spacial score (nSPS) is 12.1. The lowest BCUT2D eigenvalue weighted by Crippen LogP contribution is -2.36. The summed E-state index contributed by atoms with van der Waals surface area (Å²) < 4.78 is 5.76. The van der Waals surface area contributed by atoms with E-state index in [1.54, 1.807) is 0 Å². The fourth-order valence-corrected chi connectivity index (χ4v) is 2.59. The van der Waals surface area contributed by atoms with Gasteiger partial charge in [-0.1, -0.05) is 44.2 Å². The number of rotatable bonds is 7. The van der Waals surface area contributed by atoms with Crippen LogP contribution in [0.1, 0.15) is 19.4 Å². The van der Waals surface area contributed by atoms with Gasteiger partial charge in [-0.3, -0.25) is 0 Å². The largest absolute Gasteiger partial charge is 0.376 e. The van der Waals surface area contributed by atoms with Crippen LogP contribution in [0.15, 0.2) is 30.3 Å². The van der Waals surface area contributed by atoms with Crippen LogP contribution in [0, 0.1) is 11.3 Å². The summed E-state index contributed by atoms with van der Waals surface area (Å²) in [4.78, 5) is 0. The Kier molecular flexibility index (Phi) is 6.32. The Balaban J connectivity index is 2.48. The summed E-state index contributed by atoms with van der Waals surface area (Å²) >= 11 is 12.1. The minimum Gasteiger partial charge on any atom is -0.376 e. The molecule has 0 unspecified atom stereocenters. The van der Waals surface area contributed by atoms with Gasteiger partial charge in [0.15, 0.2) is 0 Å². The van der Waals surface area contributed by atoms with E-state index >= 15 is 0 Å². The van der Waals surface area contributed by atoms with Crippen LogP contribution < -0.4 is 0 Å². The third-order valence-corrected chi connectivity index (χ3v) is 4.32. The van der Waals surface area contributed by atoms with E-state index in [9.17, 15) is 0 Å². The topological polar surface area (TPSA) is 9.23 Å². The van der Waals surface area contributed by atoms with Gasteiger partial charge in [-0.05, 0) is 11.5 Å². The molecule has 0 aliphatic heterocycles. The van der Waals surface area contributed by atoms with Gasteiger partial charge in [0.2, 0.25) is 0 Å². The fraction of sp³-hybridized carbons (Fsp3) is 0.571. The first kappa shape index (κ1) is 14.8. The number of halogens is 2. The Bertz CT molecular complexity index is 307. The minimum atomic E-state index is -0.127. The Morgan fingerprint density at radius 3 is 2.18 bits per heavy atom. The van der Waals surface area contributed by atoms with E-state index in [4.69, 9.17) is 27.9 Å². The van der Waals surface area contributed by atoms with E-state index in [1.165, 1.54) is 5.56 Å². The molecule has 0 saturated heterocycles. The fourth-order valence-electron chi connectivity index (χ4n) is 1.53. The van der Waals surface area contributed by atoms with Crippen molar-refractivity contribution in [2.75, 3.05) is 18.4 Å². The zero-order valence-electron chi connectivity index (χ0n) is 10.5. The molecule has 3 heteroatoms. The third kappa shape index (κ3) is 4.17. The van der Waals surface area contributed by atoms with Crippen LogP contribution in [-0.2, 0) is 11.3 Å². The predicted molar refractivity (Wildman–Crippen MR) is 74.8 cm³/mol. The zero-order valence-corrected chi connectivity index (χ0v) is 12.0. The summed E-state index contributed by atoms with van der Waals surface area (Å²) in [5, 5.41) is 0. The van der Waals surface area contributed by atoms with Crippen molar-refractivity contribution in [1.82, 2.24) is 0 Å². The summed E-state index contributed by atoms with van der Waals surface area (Å²) in [5.74, 6) is 1.47. The average molecular weight is 275 g/mol. The highest BCUT2D eigenvalue weighted by molar-refractivity contribution is 6.21. The maximum Gasteiger partial charge on any atom is 0.0717 e. The second kappa shape index (κ2) is 7.25. The molecule has 96 valence electrons. The van der Waals surface area contributed by atoms with Crippen LogP contribution in [0.5, 0.6) is 0 Å². The Morgan fingerprint density at radius 2 is 1.71 bits per heavy atom. The van der Waals surface area contributed by atoms with Gasteiger partial charge in [0.25, 0.3) is 0 Å². The molecule has 0 aliphatic carbocycles. The summed E-state index contributed by atoms with van der Waals surface area (Å²) in [7, 11) is 0. The first-order valence-electron chi connectivity index (χ1n) is 5.88. The van der Waals surface area contributed by atoms with Crippen molar-refractivity contribution < 1.29 is 4.74 Å². The van der Waals surface area contributed by atoms with Gasteiger partial charge in [-0.15, -0.1) is 23.2 Å². The van der Waals surface area contributed by atoms with E-state index in [2.05, 4.69) is 26.0 Å². The van der Waals surface area contributed by atoms with Crippen LogP contribution in [0.2, 0.25) is 0 Å². The molecule has 0 amide bonds. The van der Waals surface area contributed by atoms with Crippen LogP contribution in [0.3, 0.4) is 0 Å². The molecular formula is C14H20Cl2O. The van der Waals surface area contributed by atoms with Gasteiger partial charge < -0.3 is 4.74 Å². The first-order chi connectivity index (χ1) is 8.14. The molecule has 0 heterocycles. The molecule has 0 bridgehead atoms. The van der Waals surface area contributed by atoms with Crippen molar-refractivity contribution in [3.63, 3.8) is 0 Å². The molecule has 17 heavy (non-hydrogen) atoms. The van der Waals surface area contributed by atoms with E-state index in [-0.39, 0.29) is 5.41 Å². The van der Waals surface area contributed by atoms with Gasteiger partial charge in [0, 0.05) is 17.2 Å². The third-order valence-electron chi connectivity index (χ3n) is 3.26. The van der Waals surface area contributed by atoms with Crippen molar-refractivity contribution in [2.45, 2.75) is 20.5 Å². The van der Waals surface area contributed by atoms with Crippen molar-refractivity contribution >= 4 is 23.2 Å². The maximum atomic E-state index is 6.04. The van der Waals surface area contributed by atoms with Crippen molar-refractivity contribution in [3.05, 3.63) is 35.9 Å². The number of hydrogen-bond donors (Lipinski definition) is 0. The second-order valence-electron chi connectivity index (χ2n) is 4.76. The summed E-state index contributed by atoms with van der Waals surface area (Å²) in [6.45, 7) is 5.49. The number of hydrogen-bond acceptors (Lipinski definition) is 1. The minimum absolute atomic E-state index is 0.127. The van der Waals surface area contributed by atoms with Gasteiger partial charge >= 0.3 is 0 Å². The van der Waals surface area contributed by atoms with E-state index in [0.29, 0.717) is 30.9 Å². The van der Waals surface area contributed by atoms with Crippen LogP contribution in [-0.4, -0.2) is 18.4 Å². The van der Waals surface area contributed by atoms with Gasteiger partial charge in [0.05, 0.1) is 13.2 Å². The highest BCUT2D eigenvalue weighted by Crippen LogP contribution is 2.31. The van der Waals surface area contributed by atoms with Gasteiger partial charge in [-0.2, -0.15) is 0 Å². The smallest absolute Gasteiger partial charge is 0.0717 e. The van der Waals surface area contributed by atoms with Crippen molar-refractivity contribution in [1.29, 1.82) is 0 Å². The van der Waals surface area contributed by atoms with Crippen molar-refractivity contribution in [2.24, 2.45) is 11.3 Å². The molecule has 0 radical (unpaired) electrons. The molecule has 1 rings (SSSR count). The highest BCUT2D eigenvalue weighted by atomic mass is 35.5. The zero-order chi connectivity index (χ0) is 12.7. The summed E-state index contributed by atoms with van der Waals surface area (Å²) in [6, 6.07) is 10.1. The molecule has 1 aromatic carbocycles. The van der Waals surface area contributed by atoms with Crippen LogP contribution in [0.25, 0.3) is 0 Å². The van der Waals surface area contributed by atoms with Gasteiger partial charge in [-0.25, -0.2) is 0 Å². The number of alkyl halides is 2. The quantitative estimate of drug-likeness (QED) is 0.673. The molecule has 0 N–H and O–H groups in total.